The van der Waals surface area contributed by atoms with Crippen molar-refractivity contribution in [2.45, 2.75) is 65.5 Å². The van der Waals surface area contributed by atoms with Crippen LogP contribution in [0.5, 0.6) is 0 Å². The Hall–Kier alpha value is -0.0800. The van der Waals surface area contributed by atoms with Gasteiger partial charge in [0, 0.05) is 6.04 Å². The number of hydrogen-bond acceptors (Lipinski definition) is 2. The summed E-state index contributed by atoms with van der Waals surface area (Å²) in [5.74, 6) is 0.434. The molecule has 0 aromatic carbocycles. The molecule has 0 aliphatic carbocycles. The van der Waals surface area contributed by atoms with E-state index in [-0.39, 0.29) is 17.9 Å². The zero-order valence-electron chi connectivity index (χ0n) is 10.4. The zero-order chi connectivity index (χ0) is 11.4. The van der Waals surface area contributed by atoms with Crippen molar-refractivity contribution < 1.29 is 5.11 Å². The molecule has 0 radical (unpaired) electrons. The number of aliphatic hydroxyl groups is 1. The average Bonchev–Trinajstić information content (AvgIpc) is 2.11. The van der Waals surface area contributed by atoms with Crippen LogP contribution in [-0.2, 0) is 0 Å². The van der Waals surface area contributed by atoms with Gasteiger partial charge in [0.15, 0.2) is 0 Å². The van der Waals surface area contributed by atoms with Crippen LogP contribution in [0.4, 0.5) is 0 Å². The number of hydrogen-bond donors (Lipinski definition) is 2. The van der Waals surface area contributed by atoms with E-state index in [4.69, 9.17) is 5.73 Å². The predicted octanol–water partition coefficient (Wildman–Crippen LogP) is 2.55. The lowest BCUT2D eigenvalue weighted by Gasteiger charge is -2.41. The van der Waals surface area contributed by atoms with E-state index in [9.17, 15) is 5.11 Å². The lowest BCUT2D eigenvalue weighted by atomic mass is 9.74. The van der Waals surface area contributed by atoms with Crippen LogP contribution in [0.1, 0.15) is 53.9 Å². The van der Waals surface area contributed by atoms with E-state index in [1.54, 1.807) is 0 Å². The smallest absolute Gasteiger partial charge is 0.0843 e. The maximum atomic E-state index is 10.5. The number of rotatable bonds is 6. The molecule has 0 bridgehead atoms. The molecule has 0 saturated heterocycles. The Labute approximate surface area is 88.9 Å². The van der Waals surface area contributed by atoms with Gasteiger partial charge in [-0.1, -0.05) is 47.5 Å². The summed E-state index contributed by atoms with van der Waals surface area (Å²) in [5.41, 5.74) is 5.38. The van der Waals surface area contributed by atoms with Crippen LogP contribution in [0.3, 0.4) is 0 Å². The summed E-state index contributed by atoms with van der Waals surface area (Å²) < 4.78 is 0. The van der Waals surface area contributed by atoms with E-state index < -0.39 is 5.60 Å². The van der Waals surface area contributed by atoms with Gasteiger partial charge in [-0.25, -0.2) is 0 Å². The van der Waals surface area contributed by atoms with Crippen molar-refractivity contribution in [1.29, 1.82) is 0 Å². The van der Waals surface area contributed by atoms with Crippen LogP contribution in [-0.4, -0.2) is 16.7 Å². The number of nitrogens with two attached hydrogens (primary N) is 1. The third kappa shape index (κ3) is 2.96. The summed E-state index contributed by atoms with van der Waals surface area (Å²) in [6.45, 7) is 10.3. The Morgan fingerprint density at radius 1 is 1.14 bits per heavy atom. The van der Waals surface area contributed by atoms with E-state index in [1.165, 1.54) is 0 Å². The first-order valence-corrected chi connectivity index (χ1v) is 5.85. The summed E-state index contributed by atoms with van der Waals surface area (Å²) in [7, 11) is 0. The lowest BCUT2D eigenvalue weighted by molar-refractivity contribution is -0.0701. The largest absolute Gasteiger partial charge is 0.388 e. The fourth-order valence-corrected chi connectivity index (χ4v) is 2.18. The molecule has 14 heavy (non-hydrogen) atoms. The van der Waals surface area contributed by atoms with Crippen LogP contribution in [0, 0.1) is 11.8 Å². The monoisotopic (exact) mass is 201 g/mol. The van der Waals surface area contributed by atoms with Gasteiger partial charge in [-0.2, -0.15) is 0 Å². The second-order valence-corrected chi connectivity index (χ2v) is 4.95. The van der Waals surface area contributed by atoms with E-state index in [2.05, 4.69) is 6.92 Å². The van der Waals surface area contributed by atoms with E-state index >= 15 is 0 Å². The third-order valence-electron chi connectivity index (χ3n) is 3.31. The Kier molecular flexibility index (Phi) is 5.68. The first-order chi connectivity index (χ1) is 6.37. The highest BCUT2D eigenvalue weighted by molar-refractivity contribution is 4.94. The molecule has 0 heterocycles. The third-order valence-corrected chi connectivity index (χ3v) is 3.31. The first kappa shape index (κ1) is 13.9. The van der Waals surface area contributed by atoms with Gasteiger partial charge in [0.2, 0.25) is 0 Å². The van der Waals surface area contributed by atoms with Gasteiger partial charge in [-0.05, 0) is 18.3 Å². The highest BCUT2D eigenvalue weighted by atomic mass is 16.3. The quantitative estimate of drug-likeness (QED) is 0.693. The van der Waals surface area contributed by atoms with Gasteiger partial charge in [0.05, 0.1) is 5.60 Å². The predicted molar refractivity (Wildman–Crippen MR) is 62.1 cm³/mol. The minimum absolute atomic E-state index is 0.0950. The summed E-state index contributed by atoms with van der Waals surface area (Å²) >= 11 is 0. The van der Waals surface area contributed by atoms with Crippen molar-refractivity contribution in [3.8, 4) is 0 Å². The number of unbranched alkanes of at least 4 members (excludes halogenated alkanes) is 1. The Morgan fingerprint density at radius 2 is 1.57 bits per heavy atom. The standard InChI is InChI=1S/C12H27NO/c1-6-7-8-11(13)12(14,9(2)3)10(4)5/h9-11,14H,6-8,13H2,1-5H3. The molecular weight excluding hydrogens is 174 g/mol. The molecule has 1 unspecified atom stereocenters. The van der Waals surface area contributed by atoms with Crippen LogP contribution >= 0.6 is 0 Å². The minimum atomic E-state index is -0.713. The first-order valence-electron chi connectivity index (χ1n) is 5.85. The zero-order valence-corrected chi connectivity index (χ0v) is 10.4. The fraction of sp³-hybridized carbons (Fsp3) is 1.00. The molecule has 0 spiro atoms. The van der Waals surface area contributed by atoms with Gasteiger partial charge < -0.3 is 10.8 Å². The molecule has 1 atom stereocenters. The van der Waals surface area contributed by atoms with Crippen LogP contribution < -0.4 is 5.73 Å². The average molecular weight is 201 g/mol. The topological polar surface area (TPSA) is 46.2 Å². The maximum Gasteiger partial charge on any atom is 0.0843 e. The van der Waals surface area contributed by atoms with Crippen molar-refractivity contribution in [3.05, 3.63) is 0 Å². The molecule has 0 saturated carbocycles. The summed E-state index contributed by atoms with van der Waals surface area (Å²) in [6.07, 6.45) is 3.16. The summed E-state index contributed by atoms with van der Waals surface area (Å²) in [5, 5.41) is 10.5. The summed E-state index contributed by atoms with van der Waals surface area (Å²) in [6, 6.07) is -0.0950. The fourth-order valence-electron chi connectivity index (χ4n) is 2.18. The minimum Gasteiger partial charge on any atom is -0.388 e. The molecule has 86 valence electrons. The van der Waals surface area contributed by atoms with E-state index in [0.29, 0.717) is 0 Å². The van der Waals surface area contributed by atoms with E-state index in [0.717, 1.165) is 19.3 Å². The molecule has 0 amide bonds. The molecular formula is C12H27NO. The van der Waals surface area contributed by atoms with Crippen LogP contribution in [0.25, 0.3) is 0 Å². The molecule has 0 aliphatic heterocycles. The normalized spacial score (nSPS) is 15.2. The van der Waals surface area contributed by atoms with Gasteiger partial charge in [0.25, 0.3) is 0 Å². The van der Waals surface area contributed by atoms with Crippen molar-refractivity contribution in [2.75, 3.05) is 0 Å². The van der Waals surface area contributed by atoms with Gasteiger partial charge >= 0.3 is 0 Å². The molecule has 2 nitrogen and oxygen atoms in total. The van der Waals surface area contributed by atoms with Gasteiger partial charge in [-0.15, -0.1) is 0 Å². The highest BCUT2D eigenvalue weighted by Gasteiger charge is 2.39. The molecule has 0 aliphatic rings. The second kappa shape index (κ2) is 5.72. The molecule has 0 rings (SSSR count). The SMILES string of the molecule is CCCCC(N)C(O)(C(C)C)C(C)C. The van der Waals surface area contributed by atoms with Crippen LogP contribution in [0.2, 0.25) is 0 Å². The van der Waals surface area contributed by atoms with Crippen molar-refractivity contribution in [1.82, 2.24) is 0 Å². The Bertz CT molecular complexity index is 146. The molecule has 2 heteroatoms. The van der Waals surface area contributed by atoms with Crippen molar-refractivity contribution in [3.63, 3.8) is 0 Å². The second-order valence-electron chi connectivity index (χ2n) is 4.95. The van der Waals surface area contributed by atoms with Gasteiger partial charge in [0.1, 0.15) is 0 Å². The van der Waals surface area contributed by atoms with Crippen LogP contribution in [0.15, 0.2) is 0 Å². The molecule has 3 N–H and O–H groups in total. The van der Waals surface area contributed by atoms with Gasteiger partial charge in [-0.3, -0.25) is 0 Å². The highest BCUT2D eigenvalue weighted by Crippen LogP contribution is 2.30. The van der Waals surface area contributed by atoms with Crippen molar-refractivity contribution in [2.24, 2.45) is 17.6 Å². The Balaban J connectivity index is 4.48. The van der Waals surface area contributed by atoms with Crippen molar-refractivity contribution >= 4 is 0 Å². The molecule has 0 aromatic heterocycles. The molecule has 0 aromatic rings. The lowest BCUT2D eigenvalue weighted by Crippen LogP contribution is -2.55. The molecule has 0 fully saturated rings. The Morgan fingerprint density at radius 3 is 1.86 bits per heavy atom. The maximum absolute atomic E-state index is 10.5. The van der Waals surface area contributed by atoms with E-state index in [1.807, 2.05) is 27.7 Å². The summed E-state index contributed by atoms with van der Waals surface area (Å²) in [4.78, 5) is 0.